The minimum absolute atomic E-state index is 0.813. The Labute approximate surface area is 103 Å². The average Bonchev–Trinajstić information content (AvgIpc) is 2.26. The van der Waals surface area contributed by atoms with E-state index in [1.54, 1.807) is 0 Å². The first kappa shape index (κ1) is 13.5. The monoisotopic (exact) mass is 240 g/mol. The van der Waals surface area contributed by atoms with Crippen LogP contribution in [0.2, 0.25) is 5.02 Å². The largest absolute Gasteiger partial charge is 0.317 e. The minimum atomic E-state index is 0.813. The van der Waals surface area contributed by atoms with Crippen LogP contribution in [-0.2, 0) is 6.54 Å². The van der Waals surface area contributed by atoms with Gasteiger partial charge in [0.05, 0.1) is 0 Å². The Morgan fingerprint density at radius 3 is 2.62 bits per heavy atom. The molecular weight excluding hydrogens is 220 g/mol. The first-order valence-corrected chi connectivity index (χ1v) is 6.28. The van der Waals surface area contributed by atoms with Gasteiger partial charge in [0.1, 0.15) is 0 Å². The summed E-state index contributed by atoms with van der Waals surface area (Å²) < 4.78 is 0. The van der Waals surface area contributed by atoms with Gasteiger partial charge in [-0.1, -0.05) is 24.6 Å². The maximum atomic E-state index is 5.91. The summed E-state index contributed by atoms with van der Waals surface area (Å²) in [6.45, 7) is 8.34. The summed E-state index contributed by atoms with van der Waals surface area (Å²) in [5.74, 6) is 0. The molecule has 0 saturated carbocycles. The molecule has 1 aromatic rings. The molecule has 2 nitrogen and oxygen atoms in total. The average molecular weight is 241 g/mol. The van der Waals surface area contributed by atoms with E-state index in [4.69, 9.17) is 11.6 Å². The number of rotatable bonds is 7. The molecule has 1 rings (SSSR count). The number of halogens is 1. The van der Waals surface area contributed by atoms with Gasteiger partial charge in [-0.3, -0.25) is 0 Å². The fraction of sp³-hybridized carbons (Fsp3) is 0.538. The number of hydrogen-bond donors (Lipinski definition) is 2. The molecule has 0 spiro atoms. The van der Waals surface area contributed by atoms with Crippen LogP contribution in [0.15, 0.2) is 18.2 Å². The molecule has 0 aromatic heterocycles. The standard InChI is InChI=1S/C13H21ClN2/c1-3-15-7-4-8-16-10-12-5-6-13(14)9-11(12)2/h5-6,9,15-16H,3-4,7-8,10H2,1-2H3. The summed E-state index contributed by atoms with van der Waals surface area (Å²) in [5, 5.41) is 7.56. The Kier molecular flexibility index (Phi) is 6.46. The van der Waals surface area contributed by atoms with Gasteiger partial charge < -0.3 is 10.6 Å². The van der Waals surface area contributed by atoms with Crippen LogP contribution in [-0.4, -0.2) is 19.6 Å². The van der Waals surface area contributed by atoms with Gasteiger partial charge in [0, 0.05) is 11.6 Å². The lowest BCUT2D eigenvalue weighted by atomic mass is 10.1. The van der Waals surface area contributed by atoms with Gasteiger partial charge in [-0.2, -0.15) is 0 Å². The number of benzene rings is 1. The van der Waals surface area contributed by atoms with E-state index < -0.39 is 0 Å². The molecule has 0 fully saturated rings. The number of aryl methyl sites for hydroxylation is 1. The zero-order valence-electron chi connectivity index (χ0n) is 10.1. The molecule has 0 unspecified atom stereocenters. The Morgan fingerprint density at radius 2 is 1.94 bits per heavy atom. The van der Waals surface area contributed by atoms with Crippen LogP contribution in [0.5, 0.6) is 0 Å². The van der Waals surface area contributed by atoms with Crippen molar-refractivity contribution in [2.24, 2.45) is 0 Å². The Balaban J connectivity index is 2.21. The smallest absolute Gasteiger partial charge is 0.0408 e. The van der Waals surface area contributed by atoms with Crippen LogP contribution in [0.4, 0.5) is 0 Å². The molecule has 0 bridgehead atoms. The Hall–Kier alpha value is -0.570. The molecule has 90 valence electrons. The maximum Gasteiger partial charge on any atom is 0.0408 e. The van der Waals surface area contributed by atoms with Crippen molar-refractivity contribution < 1.29 is 0 Å². The highest BCUT2D eigenvalue weighted by atomic mass is 35.5. The van der Waals surface area contributed by atoms with E-state index in [1.165, 1.54) is 17.5 Å². The third-order valence-corrected chi connectivity index (χ3v) is 2.81. The zero-order valence-corrected chi connectivity index (χ0v) is 10.9. The summed E-state index contributed by atoms with van der Waals surface area (Å²) in [6.07, 6.45) is 1.17. The topological polar surface area (TPSA) is 24.1 Å². The fourth-order valence-electron chi connectivity index (χ4n) is 1.60. The zero-order chi connectivity index (χ0) is 11.8. The summed E-state index contributed by atoms with van der Waals surface area (Å²) >= 11 is 5.91. The molecule has 0 amide bonds. The molecule has 2 N–H and O–H groups in total. The molecule has 0 aliphatic heterocycles. The second-order valence-electron chi connectivity index (χ2n) is 3.95. The van der Waals surface area contributed by atoms with Crippen LogP contribution >= 0.6 is 11.6 Å². The van der Waals surface area contributed by atoms with E-state index in [1.807, 2.05) is 12.1 Å². The van der Waals surface area contributed by atoms with Crippen molar-refractivity contribution >= 4 is 11.6 Å². The third-order valence-electron chi connectivity index (χ3n) is 2.58. The predicted molar refractivity (Wildman–Crippen MR) is 71.1 cm³/mol. The van der Waals surface area contributed by atoms with E-state index in [-0.39, 0.29) is 0 Å². The molecule has 3 heteroatoms. The quantitative estimate of drug-likeness (QED) is 0.717. The van der Waals surface area contributed by atoms with Gasteiger partial charge in [-0.05, 0) is 56.2 Å². The van der Waals surface area contributed by atoms with Gasteiger partial charge >= 0.3 is 0 Å². The summed E-state index contributed by atoms with van der Waals surface area (Å²) in [4.78, 5) is 0. The van der Waals surface area contributed by atoms with Crippen LogP contribution in [0.1, 0.15) is 24.5 Å². The second kappa shape index (κ2) is 7.66. The first-order valence-electron chi connectivity index (χ1n) is 5.90. The third kappa shape index (κ3) is 4.97. The molecule has 0 aliphatic rings. The van der Waals surface area contributed by atoms with E-state index in [0.717, 1.165) is 31.2 Å². The highest BCUT2D eigenvalue weighted by Gasteiger charge is 1.98. The van der Waals surface area contributed by atoms with E-state index in [9.17, 15) is 0 Å². The fourth-order valence-corrected chi connectivity index (χ4v) is 1.82. The number of nitrogens with one attached hydrogen (secondary N) is 2. The van der Waals surface area contributed by atoms with Crippen molar-refractivity contribution in [1.29, 1.82) is 0 Å². The first-order chi connectivity index (χ1) is 7.74. The predicted octanol–water partition coefficient (Wildman–Crippen LogP) is 2.74. The van der Waals surface area contributed by atoms with Crippen molar-refractivity contribution in [3.8, 4) is 0 Å². The molecule has 0 heterocycles. The Morgan fingerprint density at radius 1 is 1.19 bits per heavy atom. The van der Waals surface area contributed by atoms with Crippen molar-refractivity contribution in [1.82, 2.24) is 10.6 Å². The van der Waals surface area contributed by atoms with Gasteiger partial charge in [-0.15, -0.1) is 0 Å². The Bertz CT molecular complexity index is 313. The lowest BCUT2D eigenvalue weighted by Gasteiger charge is -2.08. The van der Waals surface area contributed by atoms with Crippen molar-refractivity contribution in [3.05, 3.63) is 34.3 Å². The van der Waals surface area contributed by atoms with Crippen molar-refractivity contribution in [2.45, 2.75) is 26.8 Å². The molecule has 0 saturated heterocycles. The van der Waals surface area contributed by atoms with Crippen molar-refractivity contribution in [3.63, 3.8) is 0 Å². The lowest BCUT2D eigenvalue weighted by Crippen LogP contribution is -2.21. The molecule has 16 heavy (non-hydrogen) atoms. The van der Waals surface area contributed by atoms with Crippen LogP contribution < -0.4 is 10.6 Å². The van der Waals surface area contributed by atoms with Gasteiger partial charge in [-0.25, -0.2) is 0 Å². The van der Waals surface area contributed by atoms with E-state index in [0.29, 0.717) is 0 Å². The SMILES string of the molecule is CCNCCCNCc1ccc(Cl)cc1C. The normalized spacial score (nSPS) is 10.7. The van der Waals surface area contributed by atoms with Gasteiger partial charge in [0.2, 0.25) is 0 Å². The van der Waals surface area contributed by atoms with Crippen LogP contribution in [0.25, 0.3) is 0 Å². The summed E-state index contributed by atoms with van der Waals surface area (Å²) in [7, 11) is 0. The molecule has 0 radical (unpaired) electrons. The highest BCUT2D eigenvalue weighted by Crippen LogP contribution is 2.14. The summed E-state index contributed by atoms with van der Waals surface area (Å²) in [6, 6.07) is 6.05. The second-order valence-corrected chi connectivity index (χ2v) is 4.39. The summed E-state index contributed by atoms with van der Waals surface area (Å²) in [5.41, 5.74) is 2.58. The van der Waals surface area contributed by atoms with E-state index in [2.05, 4.69) is 30.5 Å². The van der Waals surface area contributed by atoms with Crippen molar-refractivity contribution in [2.75, 3.05) is 19.6 Å². The van der Waals surface area contributed by atoms with Crippen LogP contribution in [0, 0.1) is 6.92 Å². The molecular formula is C13H21ClN2. The molecule has 0 atom stereocenters. The van der Waals surface area contributed by atoms with Crippen LogP contribution in [0.3, 0.4) is 0 Å². The minimum Gasteiger partial charge on any atom is -0.317 e. The van der Waals surface area contributed by atoms with E-state index >= 15 is 0 Å². The lowest BCUT2D eigenvalue weighted by molar-refractivity contribution is 0.605. The molecule has 0 aliphatic carbocycles. The molecule has 1 aromatic carbocycles. The van der Waals surface area contributed by atoms with Gasteiger partial charge in [0.15, 0.2) is 0 Å². The maximum absolute atomic E-state index is 5.91. The number of hydrogen-bond acceptors (Lipinski definition) is 2. The highest BCUT2D eigenvalue weighted by molar-refractivity contribution is 6.30. The van der Waals surface area contributed by atoms with Gasteiger partial charge in [0.25, 0.3) is 0 Å².